The molecule has 1 heterocycles. The Morgan fingerprint density at radius 3 is 2.56 bits per heavy atom. The number of aromatic nitrogens is 2. The number of halogens is 2. The summed E-state index contributed by atoms with van der Waals surface area (Å²) in [6.07, 6.45) is 1.12. The van der Waals surface area contributed by atoms with Gasteiger partial charge in [0.25, 0.3) is 9.05 Å². The number of rotatable bonds is 2. The highest BCUT2D eigenvalue weighted by atomic mass is 35.7. The Morgan fingerprint density at radius 2 is 2.00 bits per heavy atom. The molecule has 0 aliphatic carbocycles. The molecule has 1 aromatic heterocycles. The summed E-state index contributed by atoms with van der Waals surface area (Å²) in [6.45, 7) is 0. The summed E-state index contributed by atoms with van der Waals surface area (Å²) < 4.78 is 24.0. The summed E-state index contributed by atoms with van der Waals surface area (Å²) >= 11 is 5.95. The predicted molar refractivity (Wildman–Crippen MR) is 66.3 cm³/mol. The molecule has 2 aromatic rings. The van der Waals surface area contributed by atoms with Gasteiger partial charge in [0.05, 0.1) is 16.9 Å². The smallest absolute Gasteiger partial charge is 0.218 e. The molecule has 0 atom stereocenters. The molecule has 0 unspecified atom stereocenters. The van der Waals surface area contributed by atoms with Crippen LogP contribution in [0.2, 0.25) is 5.02 Å². The molecule has 1 aromatic carbocycles. The van der Waals surface area contributed by atoms with Crippen molar-refractivity contribution < 1.29 is 8.42 Å². The second-order valence-corrected chi connectivity index (χ2v) is 6.16. The van der Waals surface area contributed by atoms with Crippen molar-refractivity contribution in [2.75, 3.05) is 0 Å². The molecule has 0 aliphatic rings. The van der Waals surface area contributed by atoms with Crippen molar-refractivity contribution in [1.82, 2.24) is 9.78 Å². The number of hydrogen-bond acceptors (Lipinski definition) is 4. The third-order valence-electron chi connectivity index (χ3n) is 2.16. The van der Waals surface area contributed by atoms with Gasteiger partial charge < -0.3 is 0 Å². The van der Waals surface area contributed by atoms with E-state index in [9.17, 15) is 8.42 Å². The summed E-state index contributed by atoms with van der Waals surface area (Å²) in [6, 6.07) is 8.23. The molecule has 18 heavy (non-hydrogen) atoms. The van der Waals surface area contributed by atoms with E-state index in [1.165, 1.54) is 0 Å². The van der Waals surface area contributed by atoms with Gasteiger partial charge in [-0.3, -0.25) is 0 Å². The molecule has 0 fully saturated rings. The van der Waals surface area contributed by atoms with Crippen molar-refractivity contribution in [3.05, 3.63) is 41.0 Å². The van der Waals surface area contributed by atoms with E-state index in [0.29, 0.717) is 10.7 Å². The predicted octanol–water partition coefficient (Wildman–Crippen LogP) is 2.32. The van der Waals surface area contributed by atoms with Gasteiger partial charge in [-0.25, -0.2) is 13.1 Å². The van der Waals surface area contributed by atoms with Crippen LogP contribution >= 0.6 is 22.3 Å². The van der Waals surface area contributed by atoms with Crippen LogP contribution in [0.25, 0.3) is 5.69 Å². The van der Waals surface area contributed by atoms with Crippen molar-refractivity contribution in [3.8, 4) is 11.8 Å². The van der Waals surface area contributed by atoms with Crippen LogP contribution in [-0.2, 0) is 9.05 Å². The fourth-order valence-corrected chi connectivity index (χ4v) is 2.82. The van der Waals surface area contributed by atoms with Crippen molar-refractivity contribution in [3.63, 3.8) is 0 Å². The Morgan fingerprint density at radius 1 is 1.33 bits per heavy atom. The normalized spacial score (nSPS) is 11.2. The minimum Gasteiger partial charge on any atom is -0.218 e. The molecule has 0 radical (unpaired) electrons. The lowest BCUT2D eigenvalue weighted by molar-refractivity contribution is 0.599. The average Bonchev–Trinajstić information content (AvgIpc) is 2.73. The Kier molecular flexibility index (Phi) is 3.30. The molecule has 0 amide bonds. The molecule has 0 saturated carbocycles. The third kappa shape index (κ3) is 2.20. The fraction of sp³-hybridized carbons (Fsp3) is 0. The van der Waals surface area contributed by atoms with E-state index < -0.39 is 9.05 Å². The number of nitrogens with zero attached hydrogens (tertiary/aromatic N) is 3. The molecule has 2 rings (SSSR count). The maximum absolute atomic E-state index is 11.5. The van der Waals surface area contributed by atoms with Crippen molar-refractivity contribution in [1.29, 1.82) is 5.26 Å². The number of hydrogen-bond donors (Lipinski definition) is 0. The molecule has 8 heteroatoms. The SMILES string of the molecule is N#Cc1cnn(-c2ccccc2Cl)c1S(=O)(=O)Cl. The summed E-state index contributed by atoms with van der Waals surface area (Å²) in [7, 11) is 1.20. The summed E-state index contributed by atoms with van der Waals surface area (Å²) in [5, 5.41) is 12.6. The molecule has 0 saturated heterocycles. The second-order valence-electron chi connectivity index (χ2n) is 3.28. The van der Waals surface area contributed by atoms with Gasteiger partial charge in [0.2, 0.25) is 0 Å². The van der Waals surface area contributed by atoms with Crippen LogP contribution in [0, 0.1) is 11.3 Å². The van der Waals surface area contributed by atoms with Crippen molar-refractivity contribution >= 4 is 31.3 Å². The van der Waals surface area contributed by atoms with Crippen LogP contribution in [0.3, 0.4) is 0 Å². The maximum Gasteiger partial charge on any atom is 0.280 e. The average molecular weight is 302 g/mol. The minimum absolute atomic E-state index is 0.134. The lowest BCUT2D eigenvalue weighted by atomic mass is 10.3. The van der Waals surface area contributed by atoms with E-state index in [4.69, 9.17) is 27.5 Å². The van der Waals surface area contributed by atoms with Crippen LogP contribution in [0.15, 0.2) is 35.5 Å². The van der Waals surface area contributed by atoms with E-state index in [2.05, 4.69) is 5.10 Å². The van der Waals surface area contributed by atoms with E-state index in [1.807, 2.05) is 0 Å². The zero-order valence-electron chi connectivity index (χ0n) is 8.71. The van der Waals surface area contributed by atoms with Gasteiger partial charge in [-0.05, 0) is 12.1 Å². The largest absolute Gasteiger partial charge is 0.280 e. The van der Waals surface area contributed by atoms with Crippen molar-refractivity contribution in [2.45, 2.75) is 5.03 Å². The Bertz CT molecular complexity index is 747. The number of benzene rings is 1. The van der Waals surface area contributed by atoms with Gasteiger partial charge in [0.1, 0.15) is 11.6 Å². The highest BCUT2D eigenvalue weighted by molar-refractivity contribution is 8.13. The standard InChI is InChI=1S/C10H5Cl2N3O2S/c11-8-3-1-2-4-9(8)15-10(18(12,16)17)7(5-13)6-14-15/h1-4,6H. The fourth-order valence-electron chi connectivity index (χ4n) is 1.44. The van der Waals surface area contributed by atoms with Gasteiger partial charge in [0, 0.05) is 10.7 Å². The first-order valence-electron chi connectivity index (χ1n) is 4.63. The van der Waals surface area contributed by atoms with Gasteiger partial charge in [-0.1, -0.05) is 23.7 Å². The summed E-state index contributed by atoms with van der Waals surface area (Å²) in [5.74, 6) is 0. The molecule has 0 bridgehead atoms. The van der Waals surface area contributed by atoms with Gasteiger partial charge >= 0.3 is 0 Å². The van der Waals surface area contributed by atoms with Crippen LogP contribution < -0.4 is 0 Å². The van der Waals surface area contributed by atoms with E-state index in [0.717, 1.165) is 10.9 Å². The van der Waals surface area contributed by atoms with E-state index >= 15 is 0 Å². The van der Waals surface area contributed by atoms with E-state index in [-0.39, 0.29) is 10.6 Å². The number of para-hydroxylation sites is 1. The molecule has 0 aliphatic heterocycles. The first-order chi connectivity index (χ1) is 8.45. The first kappa shape index (κ1) is 12.9. The molecule has 0 N–H and O–H groups in total. The molecular weight excluding hydrogens is 297 g/mol. The van der Waals surface area contributed by atoms with Crippen molar-refractivity contribution in [2.24, 2.45) is 0 Å². The van der Waals surface area contributed by atoms with Gasteiger partial charge in [-0.2, -0.15) is 10.4 Å². The lowest BCUT2D eigenvalue weighted by Gasteiger charge is -2.06. The third-order valence-corrected chi connectivity index (χ3v) is 3.77. The second kappa shape index (κ2) is 4.61. The topological polar surface area (TPSA) is 75.8 Å². The summed E-state index contributed by atoms with van der Waals surface area (Å²) in [5.41, 5.74) is 0.199. The molecule has 92 valence electrons. The minimum atomic E-state index is -4.11. The summed E-state index contributed by atoms with van der Waals surface area (Å²) in [4.78, 5) is 0. The monoisotopic (exact) mass is 301 g/mol. The molecular formula is C10H5Cl2N3O2S. The highest BCUT2D eigenvalue weighted by Gasteiger charge is 2.24. The Hall–Kier alpha value is -1.55. The quantitative estimate of drug-likeness (QED) is 0.798. The Labute approximate surface area is 113 Å². The molecule has 5 nitrogen and oxygen atoms in total. The Balaban J connectivity index is 2.80. The zero-order chi connectivity index (χ0) is 13.3. The zero-order valence-corrected chi connectivity index (χ0v) is 11.0. The number of nitriles is 1. The van der Waals surface area contributed by atoms with Crippen LogP contribution in [-0.4, -0.2) is 18.2 Å². The van der Waals surface area contributed by atoms with Gasteiger partial charge in [-0.15, -0.1) is 0 Å². The van der Waals surface area contributed by atoms with E-state index in [1.54, 1.807) is 30.3 Å². The highest BCUT2D eigenvalue weighted by Crippen LogP contribution is 2.26. The van der Waals surface area contributed by atoms with Crippen LogP contribution in [0.5, 0.6) is 0 Å². The first-order valence-corrected chi connectivity index (χ1v) is 7.31. The lowest BCUT2D eigenvalue weighted by Crippen LogP contribution is -2.06. The van der Waals surface area contributed by atoms with Crippen LogP contribution in [0.4, 0.5) is 0 Å². The maximum atomic E-state index is 11.5. The van der Waals surface area contributed by atoms with Crippen LogP contribution in [0.1, 0.15) is 5.56 Å². The molecule has 0 spiro atoms. The van der Waals surface area contributed by atoms with Gasteiger partial charge in [0.15, 0.2) is 5.03 Å².